The van der Waals surface area contributed by atoms with E-state index in [1.807, 2.05) is 0 Å². The normalized spacial score (nSPS) is 25.7. The van der Waals surface area contributed by atoms with Gasteiger partial charge in [-0.3, -0.25) is 5.41 Å². The number of hydrogen-bond acceptors (Lipinski definition) is 4. The summed E-state index contributed by atoms with van der Waals surface area (Å²) in [6.45, 7) is 0. The molecule has 1 unspecified atom stereocenters. The fourth-order valence-electron chi connectivity index (χ4n) is 0.611. The summed E-state index contributed by atoms with van der Waals surface area (Å²) in [5, 5.41) is 6.67. The Morgan fingerprint density at radius 2 is 2.20 bits per heavy atom. The summed E-state index contributed by atoms with van der Waals surface area (Å²) in [7, 11) is 0. The molecule has 0 aliphatic carbocycles. The van der Waals surface area contributed by atoms with Crippen LogP contribution in [0.5, 0.6) is 0 Å². The van der Waals surface area contributed by atoms with E-state index in [2.05, 4.69) is 4.99 Å². The number of alkyl halides is 1. The SMILES string of the molecule is N=C1C(N)=NC(N)=CC1Cl. The molecule has 1 atom stereocenters. The van der Waals surface area contributed by atoms with Crippen molar-refractivity contribution in [3.8, 4) is 0 Å². The molecule has 0 amide bonds. The van der Waals surface area contributed by atoms with Crippen LogP contribution in [0.2, 0.25) is 0 Å². The Kier molecular flexibility index (Phi) is 1.63. The van der Waals surface area contributed by atoms with Gasteiger partial charge in [-0.05, 0) is 6.08 Å². The van der Waals surface area contributed by atoms with Crippen molar-refractivity contribution in [2.75, 3.05) is 0 Å². The Bertz CT molecular complexity index is 230. The number of hydrogen-bond donors (Lipinski definition) is 3. The minimum Gasteiger partial charge on any atom is -0.384 e. The van der Waals surface area contributed by atoms with Crippen molar-refractivity contribution in [2.45, 2.75) is 5.38 Å². The van der Waals surface area contributed by atoms with Gasteiger partial charge < -0.3 is 11.5 Å². The van der Waals surface area contributed by atoms with Gasteiger partial charge >= 0.3 is 0 Å². The molecule has 0 saturated heterocycles. The largest absolute Gasteiger partial charge is 0.384 e. The van der Waals surface area contributed by atoms with E-state index in [1.165, 1.54) is 6.08 Å². The van der Waals surface area contributed by atoms with Gasteiger partial charge in [-0.25, -0.2) is 4.99 Å². The monoisotopic (exact) mass is 158 g/mol. The standard InChI is InChI=1S/C5H7ClN4/c6-2-1-3(7)10-5(9)4(2)8/h1-2,8H,7H2,(H2,9,10). The average molecular weight is 159 g/mol. The number of nitrogens with zero attached hydrogens (tertiary/aromatic N) is 1. The molecule has 1 aliphatic rings. The molecule has 10 heavy (non-hydrogen) atoms. The third kappa shape index (κ3) is 1.11. The summed E-state index contributed by atoms with van der Waals surface area (Å²) in [6, 6.07) is 0. The van der Waals surface area contributed by atoms with E-state index in [0.29, 0.717) is 0 Å². The number of amidine groups is 1. The van der Waals surface area contributed by atoms with Crippen molar-refractivity contribution in [3.63, 3.8) is 0 Å². The molecule has 0 aromatic carbocycles. The molecular formula is C5H7ClN4. The Hall–Kier alpha value is -1.03. The van der Waals surface area contributed by atoms with Crippen LogP contribution in [0.1, 0.15) is 0 Å². The molecule has 0 radical (unpaired) electrons. The molecule has 0 bridgehead atoms. The van der Waals surface area contributed by atoms with Gasteiger partial charge in [0.25, 0.3) is 0 Å². The molecule has 5 N–H and O–H groups in total. The lowest BCUT2D eigenvalue weighted by molar-refractivity contribution is 1.17. The van der Waals surface area contributed by atoms with Crippen LogP contribution in [0.4, 0.5) is 0 Å². The van der Waals surface area contributed by atoms with Crippen molar-refractivity contribution >= 4 is 23.1 Å². The number of aliphatic imine (C=N–C) groups is 1. The van der Waals surface area contributed by atoms with E-state index in [9.17, 15) is 0 Å². The molecule has 54 valence electrons. The molecule has 0 spiro atoms. The molecule has 0 fully saturated rings. The van der Waals surface area contributed by atoms with Gasteiger partial charge in [0, 0.05) is 0 Å². The van der Waals surface area contributed by atoms with Crippen LogP contribution in [0, 0.1) is 5.41 Å². The molecule has 0 saturated carbocycles. The second-order valence-corrected chi connectivity index (χ2v) is 2.37. The van der Waals surface area contributed by atoms with Crippen LogP contribution in [-0.4, -0.2) is 16.9 Å². The van der Waals surface area contributed by atoms with E-state index < -0.39 is 5.38 Å². The minimum absolute atomic E-state index is 0.0972. The molecule has 0 aromatic rings. The molecule has 1 heterocycles. The average Bonchev–Trinajstić information content (AvgIpc) is 1.82. The first-order valence-electron chi connectivity index (χ1n) is 2.65. The zero-order chi connectivity index (χ0) is 7.72. The van der Waals surface area contributed by atoms with Crippen LogP contribution in [0.15, 0.2) is 16.9 Å². The summed E-state index contributed by atoms with van der Waals surface area (Å²) in [5.74, 6) is 0.369. The number of nitrogens with one attached hydrogen (secondary N) is 1. The Balaban J connectivity index is 2.95. The maximum atomic E-state index is 7.20. The zero-order valence-electron chi connectivity index (χ0n) is 5.13. The smallest absolute Gasteiger partial charge is 0.148 e. The van der Waals surface area contributed by atoms with Gasteiger partial charge in [-0.15, -0.1) is 11.6 Å². The van der Waals surface area contributed by atoms with E-state index >= 15 is 0 Å². The van der Waals surface area contributed by atoms with E-state index in [-0.39, 0.29) is 17.4 Å². The molecular weight excluding hydrogens is 152 g/mol. The first-order chi connectivity index (χ1) is 4.61. The quantitative estimate of drug-likeness (QED) is 0.426. The van der Waals surface area contributed by atoms with Gasteiger partial charge in [0.2, 0.25) is 0 Å². The van der Waals surface area contributed by atoms with Crippen molar-refractivity contribution in [1.82, 2.24) is 0 Å². The number of halogens is 1. The highest BCUT2D eigenvalue weighted by Gasteiger charge is 2.16. The predicted octanol–water partition coefficient (Wildman–Crippen LogP) is -0.216. The van der Waals surface area contributed by atoms with Crippen LogP contribution >= 0.6 is 11.6 Å². The minimum atomic E-state index is -0.530. The van der Waals surface area contributed by atoms with Gasteiger partial charge in [0.1, 0.15) is 17.0 Å². The highest BCUT2D eigenvalue weighted by molar-refractivity contribution is 6.52. The third-order valence-electron chi connectivity index (χ3n) is 1.12. The topological polar surface area (TPSA) is 88.2 Å². The molecule has 1 rings (SSSR count). The summed E-state index contributed by atoms with van der Waals surface area (Å²) in [5.41, 5.74) is 10.7. The Labute approximate surface area is 63.1 Å². The second kappa shape index (κ2) is 2.30. The van der Waals surface area contributed by atoms with Crippen LogP contribution < -0.4 is 11.5 Å². The first-order valence-corrected chi connectivity index (χ1v) is 3.09. The van der Waals surface area contributed by atoms with Crippen molar-refractivity contribution in [3.05, 3.63) is 11.9 Å². The van der Waals surface area contributed by atoms with Crippen molar-refractivity contribution in [1.29, 1.82) is 5.41 Å². The molecule has 0 aromatic heterocycles. The maximum Gasteiger partial charge on any atom is 0.148 e. The summed E-state index contributed by atoms with van der Waals surface area (Å²) in [6.07, 6.45) is 1.47. The molecule has 4 nitrogen and oxygen atoms in total. The van der Waals surface area contributed by atoms with Crippen molar-refractivity contribution < 1.29 is 0 Å². The van der Waals surface area contributed by atoms with E-state index in [4.69, 9.17) is 28.5 Å². The molecule has 5 heteroatoms. The van der Waals surface area contributed by atoms with E-state index in [0.717, 1.165) is 0 Å². The van der Waals surface area contributed by atoms with Gasteiger partial charge in [0.05, 0.1) is 5.71 Å². The predicted molar refractivity (Wildman–Crippen MR) is 41.3 cm³/mol. The molecule has 1 aliphatic heterocycles. The lowest BCUT2D eigenvalue weighted by atomic mass is 10.2. The fraction of sp³-hybridized carbons (Fsp3) is 0.200. The zero-order valence-corrected chi connectivity index (χ0v) is 5.89. The third-order valence-corrected chi connectivity index (χ3v) is 1.46. The summed E-state index contributed by atoms with van der Waals surface area (Å²) in [4.78, 5) is 3.64. The highest BCUT2D eigenvalue weighted by Crippen LogP contribution is 2.08. The number of nitrogens with two attached hydrogens (primary N) is 2. The second-order valence-electron chi connectivity index (χ2n) is 1.90. The van der Waals surface area contributed by atoms with Gasteiger partial charge in [-0.1, -0.05) is 0 Å². The first kappa shape index (κ1) is 7.08. The van der Waals surface area contributed by atoms with E-state index in [1.54, 1.807) is 0 Å². The summed E-state index contributed by atoms with van der Waals surface area (Å²) >= 11 is 5.62. The number of rotatable bonds is 0. The Morgan fingerprint density at radius 3 is 2.70 bits per heavy atom. The van der Waals surface area contributed by atoms with Crippen LogP contribution in [0.25, 0.3) is 0 Å². The van der Waals surface area contributed by atoms with Crippen LogP contribution in [0.3, 0.4) is 0 Å². The Morgan fingerprint density at radius 1 is 1.60 bits per heavy atom. The van der Waals surface area contributed by atoms with Gasteiger partial charge in [-0.2, -0.15) is 0 Å². The fourth-order valence-corrected chi connectivity index (χ4v) is 0.852. The maximum absolute atomic E-state index is 7.20. The van der Waals surface area contributed by atoms with Crippen LogP contribution in [-0.2, 0) is 0 Å². The lowest BCUT2D eigenvalue weighted by Gasteiger charge is -2.11. The lowest BCUT2D eigenvalue weighted by Crippen LogP contribution is -2.33. The van der Waals surface area contributed by atoms with Gasteiger partial charge in [0.15, 0.2) is 0 Å². The summed E-state index contributed by atoms with van der Waals surface area (Å²) < 4.78 is 0. The number of allylic oxidation sites excluding steroid dienone is 1. The van der Waals surface area contributed by atoms with Crippen molar-refractivity contribution in [2.24, 2.45) is 16.5 Å². The highest BCUT2D eigenvalue weighted by atomic mass is 35.5.